The van der Waals surface area contributed by atoms with Crippen LogP contribution in [0.25, 0.3) is 22.2 Å². The van der Waals surface area contributed by atoms with Gasteiger partial charge in [-0.3, -0.25) is 0 Å². The summed E-state index contributed by atoms with van der Waals surface area (Å²) < 4.78 is 16.1. The van der Waals surface area contributed by atoms with Crippen molar-refractivity contribution in [3.05, 3.63) is 29.7 Å². The Kier molecular flexibility index (Phi) is 2.86. The number of rotatable bonds is 3. The summed E-state index contributed by atoms with van der Waals surface area (Å²) in [6.45, 7) is 1.40. The van der Waals surface area contributed by atoms with Crippen molar-refractivity contribution in [2.75, 3.05) is 13.2 Å². The van der Waals surface area contributed by atoms with E-state index in [0.717, 1.165) is 17.9 Å². The molecule has 1 atom stereocenters. The van der Waals surface area contributed by atoms with E-state index in [0.29, 0.717) is 29.8 Å². The molecule has 0 bridgehead atoms. The maximum atomic E-state index is 5.45. The second kappa shape index (κ2) is 4.84. The lowest BCUT2D eigenvalue weighted by molar-refractivity contribution is 0.192. The summed E-state index contributed by atoms with van der Waals surface area (Å²) in [5.74, 6) is 1.95. The van der Waals surface area contributed by atoms with E-state index in [4.69, 9.17) is 13.7 Å². The molecule has 102 valence electrons. The maximum absolute atomic E-state index is 5.45. The number of hydrogen-bond acceptors (Lipinski definition) is 7. The molecule has 0 aromatic carbocycles. The Balaban J connectivity index is 1.70. The molecular weight excluding hydrogens is 278 g/mol. The van der Waals surface area contributed by atoms with Crippen molar-refractivity contribution >= 4 is 11.3 Å². The number of aromatic nitrogens is 3. The van der Waals surface area contributed by atoms with E-state index in [1.807, 2.05) is 17.5 Å². The lowest BCUT2D eigenvalue weighted by Gasteiger charge is -1.97. The summed E-state index contributed by atoms with van der Waals surface area (Å²) in [5.41, 5.74) is 0.588. The zero-order valence-corrected chi connectivity index (χ0v) is 11.3. The van der Waals surface area contributed by atoms with Gasteiger partial charge >= 0.3 is 0 Å². The molecule has 4 heterocycles. The summed E-state index contributed by atoms with van der Waals surface area (Å²) in [4.78, 5) is 9.61. The third kappa shape index (κ3) is 1.95. The van der Waals surface area contributed by atoms with E-state index in [1.54, 1.807) is 11.3 Å². The summed E-state index contributed by atoms with van der Waals surface area (Å²) in [6.07, 6.45) is 2.32. The van der Waals surface area contributed by atoms with Crippen LogP contribution < -0.4 is 0 Å². The van der Waals surface area contributed by atoms with Gasteiger partial charge in [0.25, 0.3) is 5.89 Å². The molecule has 0 radical (unpaired) electrons. The van der Waals surface area contributed by atoms with Crippen LogP contribution in [0, 0.1) is 0 Å². The SMILES string of the molecule is c1csc(-c2ocnc2-c2nc([C@@H]3CCOC3)no2)c1. The predicted molar refractivity (Wildman–Crippen MR) is 71.3 cm³/mol. The predicted octanol–water partition coefficient (Wildman–Crippen LogP) is 2.96. The van der Waals surface area contributed by atoms with Crippen LogP contribution in [-0.4, -0.2) is 28.3 Å². The van der Waals surface area contributed by atoms with Gasteiger partial charge in [0.05, 0.1) is 11.5 Å². The van der Waals surface area contributed by atoms with E-state index in [2.05, 4.69) is 15.1 Å². The van der Waals surface area contributed by atoms with Crippen molar-refractivity contribution in [1.29, 1.82) is 0 Å². The molecule has 3 aromatic rings. The van der Waals surface area contributed by atoms with Crippen LogP contribution >= 0.6 is 11.3 Å². The highest BCUT2D eigenvalue weighted by Crippen LogP contribution is 2.34. The lowest BCUT2D eigenvalue weighted by atomic mass is 10.1. The number of thiophene rings is 1. The molecule has 1 aliphatic rings. The second-order valence-corrected chi connectivity index (χ2v) is 5.47. The summed E-state index contributed by atoms with van der Waals surface area (Å²) in [5, 5.41) is 6.02. The van der Waals surface area contributed by atoms with Gasteiger partial charge in [-0.2, -0.15) is 4.98 Å². The van der Waals surface area contributed by atoms with E-state index >= 15 is 0 Å². The largest absolute Gasteiger partial charge is 0.442 e. The van der Waals surface area contributed by atoms with Gasteiger partial charge in [0.2, 0.25) is 0 Å². The minimum absolute atomic E-state index is 0.213. The van der Waals surface area contributed by atoms with Crippen LogP contribution in [0.2, 0.25) is 0 Å². The van der Waals surface area contributed by atoms with Crippen molar-refractivity contribution in [1.82, 2.24) is 15.1 Å². The maximum Gasteiger partial charge on any atom is 0.280 e. The topological polar surface area (TPSA) is 74.2 Å². The molecule has 0 aliphatic carbocycles. The van der Waals surface area contributed by atoms with E-state index in [1.165, 1.54) is 6.39 Å². The van der Waals surface area contributed by atoms with Crippen LogP contribution in [0.15, 0.2) is 32.8 Å². The average molecular weight is 289 g/mol. The van der Waals surface area contributed by atoms with Crippen molar-refractivity contribution in [2.24, 2.45) is 0 Å². The molecule has 3 aromatic heterocycles. The van der Waals surface area contributed by atoms with Gasteiger partial charge < -0.3 is 13.7 Å². The standard InChI is InChI=1S/C13H11N3O3S/c1-2-9(20-5-1)11-10(14-7-18-11)13-15-12(16-19-13)8-3-4-17-6-8/h1-2,5,7-8H,3-4,6H2/t8-/m1/s1. The van der Waals surface area contributed by atoms with Gasteiger partial charge in [-0.1, -0.05) is 11.2 Å². The van der Waals surface area contributed by atoms with Gasteiger partial charge in [0.15, 0.2) is 23.7 Å². The summed E-state index contributed by atoms with van der Waals surface area (Å²) in [7, 11) is 0. The number of oxazole rings is 1. The van der Waals surface area contributed by atoms with Crippen molar-refractivity contribution in [2.45, 2.75) is 12.3 Å². The number of ether oxygens (including phenoxy) is 1. The number of hydrogen-bond donors (Lipinski definition) is 0. The quantitative estimate of drug-likeness (QED) is 0.738. The van der Waals surface area contributed by atoms with Crippen LogP contribution in [-0.2, 0) is 4.74 Å². The second-order valence-electron chi connectivity index (χ2n) is 4.53. The monoisotopic (exact) mass is 289 g/mol. The Morgan fingerprint density at radius 1 is 1.35 bits per heavy atom. The van der Waals surface area contributed by atoms with E-state index < -0.39 is 0 Å². The molecule has 0 unspecified atom stereocenters. The smallest absolute Gasteiger partial charge is 0.280 e. The summed E-state index contributed by atoms with van der Waals surface area (Å²) in [6, 6.07) is 3.93. The summed E-state index contributed by atoms with van der Waals surface area (Å²) >= 11 is 1.58. The van der Waals surface area contributed by atoms with Crippen LogP contribution in [0.1, 0.15) is 18.2 Å². The highest BCUT2D eigenvalue weighted by atomic mass is 32.1. The van der Waals surface area contributed by atoms with Gasteiger partial charge in [-0.15, -0.1) is 11.3 Å². The molecule has 1 saturated heterocycles. The third-order valence-electron chi connectivity index (χ3n) is 3.25. The normalized spacial score (nSPS) is 18.7. The Morgan fingerprint density at radius 2 is 2.35 bits per heavy atom. The van der Waals surface area contributed by atoms with Crippen LogP contribution in [0.3, 0.4) is 0 Å². The van der Waals surface area contributed by atoms with Crippen LogP contribution in [0.4, 0.5) is 0 Å². The van der Waals surface area contributed by atoms with Crippen molar-refractivity contribution < 1.29 is 13.7 Å². The molecule has 0 amide bonds. The molecule has 0 saturated carbocycles. The molecule has 0 N–H and O–H groups in total. The lowest BCUT2D eigenvalue weighted by Crippen LogP contribution is -1.99. The van der Waals surface area contributed by atoms with Crippen molar-refractivity contribution in [3.8, 4) is 22.2 Å². The van der Waals surface area contributed by atoms with E-state index in [-0.39, 0.29) is 5.92 Å². The van der Waals surface area contributed by atoms with Gasteiger partial charge in [-0.05, 0) is 17.9 Å². The number of nitrogens with zero attached hydrogens (tertiary/aromatic N) is 3. The Morgan fingerprint density at radius 3 is 3.15 bits per heavy atom. The highest BCUT2D eigenvalue weighted by Gasteiger charge is 2.25. The Bertz CT molecular complexity index is 698. The first-order chi connectivity index (χ1) is 9.92. The first-order valence-corrected chi connectivity index (χ1v) is 7.19. The molecule has 1 fully saturated rings. The van der Waals surface area contributed by atoms with Gasteiger partial charge in [0.1, 0.15) is 0 Å². The fourth-order valence-corrected chi connectivity index (χ4v) is 2.93. The third-order valence-corrected chi connectivity index (χ3v) is 4.12. The highest BCUT2D eigenvalue weighted by molar-refractivity contribution is 7.13. The average Bonchev–Trinajstić information content (AvgIpc) is 3.23. The fourth-order valence-electron chi connectivity index (χ4n) is 2.22. The molecule has 20 heavy (non-hydrogen) atoms. The molecule has 4 rings (SSSR count). The Hall–Kier alpha value is -1.99. The fraction of sp³-hybridized carbons (Fsp3) is 0.308. The zero-order valence-electron chi connectivity index (χ0n) is 10.5. The molecule has 6 nitrogen and oxygen atoms in total. The van der Waals surface area contributed by atoms with Crippen molar-refractivity contribution in [3.63, 3.8) is 0 Å². The first kappa shape index (κ1) is 11.8. The van der Waals surface area contributed by atoms with Crippen LogP contribution in [0.5, 0.6) is 0 Å². The van der Waals surface area contributed by atoms with Gasteiger partial charge in [0, 0.05) is 12.5 Å². The molecule has 0 spiro atoms. The van der Waals surface area contributed by atoms with E-state index in [9.17, 15) is 0 Å². The molecule has 7 heteroatoms. The Labute approximate surface area is 118 Å². The minimum atomic E-state index is 0.213. The molecular formula is C13H11N3O3S. The minimum Gasteiger partial charge on any atom is -0.442 e. The molecule has 1 aliphatic heterocycles. The zero-order chi connectivity index (χ0) is 13.4. The first-order valence-electron chi connectivity index (χ1n) is 6.31. The van der Waals surface area contributed by atoms with Gasteiger partial charge in [-0.25, -0.2) is 4.98 Å².